The maximum atomic E-state index is 12.8. The molecule has 1 saturated heterocycles. The van der Waals surface area contributed by atoms with E-state index in [1.807, 2.05) is 31.2 Å². The summed E-state index contributed by atoms with van der Waals surface area (Å²) in [7, 11) is 0. The second-order valence-electron chi connectivity index (χ2n) is 10.7. The molecule has 0 aliphatic carbocycles. The summed E-state index contributed by atoms with van der Waals surface area (Å²) in [6.07, 6.45) is -1.59. The van der Waals surface area contributed by atoms with Crippen LogP contribution in [0.25, 0.3) is 17.1 Å². The van der Waals surface area contributed by atoms with E-state index in [9.17, 15) is 18.0 Å². The van der Waals surface area contributed by atoms with Crippen LogP contribution in [0.5, 0.6) is 5.75 Å². The third-order valence-corrected chi connectivity index (χ3v) is 8.21. The van der Waals surface area contributed by atoms with Gasteiger partial charge in [0.15, 0.2) is 11.0 Å². The van der Waals surface area contributed by atoms with Crippen molar-refractivity contribution in [3.05, 3.63) is 102 Å². The van der Waals surface area contributed by atoms with Gasteiger partial charge in [-0.3, -0.25) is 4.90 Å². The molecule has 2 aliphatic rings. The van der Waals surface area contributed by atoms with Crippen molar-refractivity contribution in [2.24, 2.45) is 4.99 Å². The Labute approximate surface area is 256 Å². The Morgan fingerprint density at radius 2 is 1.86 bits per heavy atom. The number of anilines is 1. The quantitative estimate of drug-likeness (QED) is 0.218. The molecular formula is C32H28F3N5O3S. The zero-order valence-electron chi connectivity index (χ0n) is 24.1. The number of nitrogens with zero attached hydrogens (tertiary/aromatic N) is 5. The summed E-state index contributed by atoms with van der Waals surface area (Å²) in [5.41, 5.74) is 6.79. The van der Waals surface area contributed by atoms with Crippen molar-refractivity contribution in [3.63, 3.8) is 0 Å². The number of carbonyl (C=O) groups excluding carboxylic acids is 1. The van der Waals surface area contributed by atoms with Crippen LogP contribution in [0.3, 0.4) is 0 Å². The van der Waals surface area contributed by atoms with Crippen molar-refractivity contribution < 1.29 is 27.4 Å². The Hall–Kier alpha value is -4.58. The molecule has 2 aliphatic heterocycles. The number of rotatable bonds is 6. The minimum absolute atomic E-state index is 0.296. The summed E-state index contributed by atoms with van der Waals surface area (Å²) in [5, 5.41) is 5.05. The fraction of sp³-hybridized carbons (Fsp3) is 0.250. The SMILES string of the molecule is Cc1ccc2c(c1)N1C(=CC2C)CSC1=NC(=O)OC(C)Cc1ccc(-c2ncn(-c3ccc(OC(F)(F)F)cc3)n2)cc1. The van der Waals surface area contributed by atoms with E-state index in [1.54, 1.807) is 0 Å². The molecule has 8 nitrogen and oxygen atoms in total. The lowest BCUT2D eigenvalue weighted by atomic mass is 9.93. The molecule has 2 unspecified atom stereocenters. The van der Waals surface area contributed by atoms with Gasteiger partial charge in [0.2, 0.25) is 0 Å². The van der Waals surface area contributed by atoms with Gasteiger partial charge in [0, 0.05) is 29.4 Å². The summed E-state index contributed by atoms with van der Waals surface area (Å²) in [6.45, 7) is 6.05. The lowest BCUT2D eigenvalue weighted by molar-refractivity contribution is -0.274. The van der Waals surface area contributed by atoms with Crippen LogP contribution in [0, 0.1) is 6.92 Å². The molecule has 1 aromatic heterocycles. The average molecular weight is 620 g/mol. The number of amides is 1. The second-order valence-corrected chi connectivity index (χ2v) is 11.6. The number of hydrogen-bond acceptors (Lipinski definition) is 6. The molecule has 226 valence electrons. The fourth-order valence-electron chi connectivity index (χ4n) is 5.22. The molecule has 0 bridgehead atoms. The average Bonchev–Trinajstić information content (AvgIpc) is 3.61. The van der Waals surface area contributed by atoms with Crippen LogP contribution < -0.4 is 9.64 Å². The smallest absolute Gasteiger partial charge is 0.445 e. The van der Waals surface area contributed by atoms with Crippen molar-refractivity contribution >= 4 is 28.7 Å². The molecule has 4 aromatic rings. The van der Waals surface area contributed by atoms with Crippen molar-refractivity contribution in [2.75, 3.05) is 10.7 Å². The maximum absolute atomic E-state index is 12.8. The number of amidine groups is 1. The van der Waals surface area contributed by atoms with Crippen LogP contribution in [0.4, 0.5) is 23.7 Å². The van der Waals surface area contributed by atoms with Crippen LogP contribution in [-0.4, -0.2) is 44.2 Å². The van der Waals surface area contributed by atoms with Gasteiger partial charge in [-0.15, -0.1) is 18.3 Å². The van der Waals surface area contributed by atoms with E-state index < -0.39 is 18.6 Å². The van der Waals surface area contributed by atoms with Crippen LogP contribution in [0.15, 0.2) is 89.8 Å². The molecule has 0 N–H and O–H groups in total. The number of ether oxygens (including phenoxy) is 2. The van der Waals surface area contributed by atoms with Crippen molar-refractivity contribution in [3.8, 4) is 22.8 Å². The number of fused-ring (bicyclic) bond motifs is 3. The number of benzene rings is 3. The van der Waals surface area contributed by atoms with Gasteiger partial charge in [-0.25, -0.2) is 14.5 Å². The Kier molecular flexibility index (Phi) is 7.93. The zero-order valence-corrected chi connectivity index (χ0v) is 24.9. The number of alkyl halides is 3. The molecule has 3 aromatic carbocycles. The van der Waals surface area contributed by atoms with Crippen LogP contribution in [0.1, 0.15) is 36.5 Å². The fourth-order valence-corrected chi connectivity index (χ4v) is 6.21. The summed E-state index contributed by atoms with van der Waals surface area (Å²) in [4.78, 5) is 23.5. The molecule has 44 heavy (non-hydrogen) atoms. The van der Waals surface area contributed by atoms with E-state index in [2.05, 4.69) is 62.8 Å². The molecule has 0 saturated carbocycles. The Bertz CT molecular complexity index is 1750. The predicted octanol–water partition coefficient (Wildman–Crippen LogP) is 7.82. The highest BCUT2D eigenvalue weighted by Crippen LogP contribution is 2.43. The number of aromatic nitrogens is 3. The normalized spacial score (nSPS) is 17.6. The minimum atomic E-state index is -4.75. The van der Waals surface area contributed by atoms with Crippen molar-refractivity contribution in [1.29, 1.82) is 0 Å². The first-order valence-electron chi connectivity index (χ1n) is 13.9. The van der Waals surface area contributed by atoms with E-state index >= 15 is 0 Å². The van der Waals surface area contributed by atoms with E-state index in [-0.39, 0.29) is 5.75 Å². The number of halogens is 3. The molecule has 6 rings (SSSR count). The van der Waals surface area contributed by atoms with Gasteiger partial charge in [-0.05, 0) is 60.9 Å². The van der Waals surface area contributed by atoms with Gasteiger partial charge >= 0.3 is 12.5 Å². The zero-order chi connectivity index (χ0) is 31.0. The number of allylic oxidation sites excluding steroid dienone is 1. The largest absolute Gasteiger partial charge is 0.573 e. The highest BCUT2D eigenvalue weighted by Gasteiger charge is 2.34. The monoisotopic (exact) mass is 619 g/mol. The first kappa shape index (κ1) is 29.5. The topological polar surface area (TPSA) is 81.8 Å². The lowest BCUT2D eigenvalue weighted by Gasteiger charge is -2.30. The highest BCUT2D eigenvalue weighted by molar-refractivity contribution is 8.14. The van der Waals surface area contributed by atoms with Gasteiger partial charge in [0.05, 0.1) is 11.4 Å². The van der Waals surface area contributed by atoms with Crippen molar-refractivity contribution in [2.45, 2.75) is 45.6 Å². The van der Waals surface area contributed by atoms with Crippen molar-refractivity contribution in [1.82, 2.24) is 14.8 Å². The summed E-state index contributed by atoms with van der Waals surface area (Å²) in [6, 6.07) is 19.3. The maximum Gasteiger partial charge on any atom is 0.573 e. The van der Waals surface area contributed by atoms with Crippen LogP contribution in [0.2, 0.25) is 0 Å². The molecule has 1 amide bonds. The van der Waals surface area contributed by atoms with Gasteiger partial charge in [-0.2, -0.15) is 4.99 Å². The Balaban J connectivity index is 1.07. The minimum Gasteiger partial charge on any atom is -0.445 e. The summed E-state index contributed by atoms with van der Waals surface area (Å²) < 4.78 is 48.3. The third-order valence-electron chi connectivity index (χ3n) is 7.24. The number of aryl methyl sites for hydroxylation is 1. The van der Waals surface area contributed by atoms with Crippen LogP contribution in [-0.2, 0) is 11.2 Å². The Morgan fingerprint density at radius 3 is 2.59 bits per heavy atom. The second kappa shape index (κ2) is 11.8. The van der Waals surface area contributed by atoms with E-state index in [1.165, 1.54) is 52.6 Å². The standard InChI is InChI=1S/C32H28F3N5O3S/c1-19-4-13-27-20(2)15-25-17-44-30(40(25)28(27)14-19)37-31(41)42-21(3)16-22-5-7-23(8-6-22)29-36-18-39(38-29)24-9-11-26(12-10-24)43-32(33,34)35/h4-15,18,20-21H,16-17H2,1-3H3. The first-order chi connectivity index (χ1) is 21.0. The number of carbonyl (C=O) groups is 1. The predicted molar refractivity (Wildman–Crippen MR) is 163 cm³/mol. The number of thioether (sulfide) groups is 1. The van der Waals surface area contributed by atoms with E-state index in [0.717, 1.165) is 33.8 Å². The molecule has 0 spiro atoms. The van der Waals surface area contributed by atoms with E-state index in [0.29, 0.717) is 29.0 Å². The lowest BCUT2D eigenvalue weighted by Crippen LogP contribution is -2.28. The van der Waals surface area contributed by atoms with Crippen LogP contribution >= 0.6 is 11.8 Å². The third kappa shape index (κ3) is 6.49. The van der Waals surface area contributed by atoms with Gasteiger partial charge in [-0.1, -0.05) is 61.2 Å². The first-order valence-corrected chi connectivity index (χ1v) is 14.9. The molecule has 0 radical (unpaired) electrons. The van der Waals surface area contributed by atoms with Gasteiger partial charge in [0.1, 0.15) is 18.2 Å². The molecule has 12 heteroatoms. The summed E-state index contributed by atoms with van der Waals surface area (Å²) >= 11 is 1.53. The molecular weight excluding hydrogens is 591 g/mol. The molecule has 3 heterocycles. The highest BCUT2D eigenvalue weighted by atomic mass is 32.2. The number of hydrogen-bond donors (Lipinski definition) is 0. The molecule has 2 atom stereocenters. The van der Waals surface area contributed by atoms with Gasteiger partial charge in [0.25, 0.3) is 0 Å². The van der Waals surface area contributed by atoms with E-state index in [4.69, 9.17) is 4.74 Å². The van der Waals surface area contributed by atoms with Gasteiger partial charge < -0.3 is 9.47 Å². The molecule has 1 fully saturated rings. The Morgan fingerprint density at radius 1 is 1.11 bits per heavy atom. The summed E-state index contributed by atoms with van der Waals surface area (Å²) in [5.74, 6) is 1.19. The number of aliphatic imine (C=N–C) groups is 1.